The van der Waals surface area contributed by atoms with Crippen molar-refractivity contribution in [2.75, 3.05) is 59.2 Å². The molecule has 0 amide bonds. The maximum atomic E-state index is 11.6. The molecule has 0 radical (unpaired) electrons. The van der Waals surface area contributed by atoms with Crippen LogP contribution in [0.15, 0.2) is 29.3 Å². The first-order valence-electron chi connectivity index (χ1n) is 10.2. The van der Waals surface area contributed by atoms with E-state index in [0.29, 0.717) is 32.1 Å². The molecule has 29 heavy (non-hydrogen) atoms. The van der Waals surface area contributed by atoms with Crippen molar-refractivity contribution in [1.82, 2.24) is 19.8 Å². The molecule has 1 saturated heterocycles. The van der Waals surface area contributed by atoms with E-state index < -0.39 is 10.0 Å². The first-order chi connectivity index (χ1) is 13.9. The number of nitrogens with zero attached hydrogens (tertiary/aromatic N) is 3. The molecule has 0 bridgehead atoms. The van der Waals surface area contributed by atoms with Crippen LogP contribution in [0, 0.1) is 0 Å². The first kappa shape index (κ1) is 23.6. The topological polar surface area (TPSA) is 86.3 Å². The molecule has 1 fully saturated rings. The Morgan fingerprint density at radius 3 is 2.52 bits per heavy atom. The van der Waals surface area contributed by atoms with Gasteiger partial charge >= 0.3 is 0 Å². The summed E-state index contributed by atoms with van der Waals surface area (Å²) in [6.07, 6.45) is 1.97. The Balaban J connectivity index is 1.80. The molecule has 2 N–H and O–H groups in total. The monoisotopic (exact) mass is 425 g/mol. The molecule has 0 aliphatic carbocycles. The molecule has 0 aromatic heterocycles. The van der Waals surface area contributed by atoms with Crippen LogP contribution in [0.5, 0.6) is 0 Å². The minimum Gasteiger partial charge on any atom is -0.379 e. The van der Waals surface area contributed by atoms with Gasteiger partial charge in [-0.1, -0.05) is 31.2 Å². The average molecular weight is 426 g/mol. The van der Waals surface area contributed by atoms with Crippen molar-refractivity contribution in [2.45, 2.75) is 26.4 Å². The first-order valence-corrected chi connectivity index (χ1v) is 12.1. The molecule has 1 heterocycles. The van der Waals surface area contributed by atoms with E-state index in [0.717, 1.165) is 39.3 Å². The summed E-state index contributed by atoms with van der Waals surface area (Å²) in [6, 6.07) is 8.45. The van der Waals surface area contributed by atoms with E-state index in [4.69, 9.17) is 4.74 Å². The zero-order chi connectivity index (χ0) is 21.1. The van der Waals surface area contributed by atoms with Crippen molar-refractivity contribution in [3.05, 3.63) is 35.4 Å². The maximum Gasteiger partial charge on any atom is 0.211 e. The lowest BCUT2D eigenvalue weighted by Crippen LogP contribution is -2.39. The number of ether oxygens (including phenoxy) is 1. The molecule has 0 spiro atoms. The Kier molecular flexibility index (Phi) is 9.86. The minimum atomic E-state index is -3.14. The Bertz CT molecular complexity index is 748. The van der Waals surface area contributed by atoms with E-state index in [1.165, 1.54) is 21.7 Å². The van der Waals surface area contributed by atoms with E-state index in [-0.39, 0.29) is 0 Å². The van der Waals surface area contributed by atoms with Gasteiger partial charge in [-0.25, -0.2) is 12.7 Å². The van der Waals surface area contributed by atoms with Crippen molar-refractivity contribution in [1.29, 1.82) is 0 Å². The highest BCUT2D eigenvalue weighted by molar-refractivity contribution is 7.88. The van der Waals surface area contributed by atoms with E-state index in [9.17, 15) is 8.42 Å². The van der Waals surface area contributed by atoms with Gasteiger partial charge in [-0.2, -0.15) is 0 Å². The molecule has 1 aromatic rings. The molecule has 0 atom stereocenters. The molecule has 1 aromatic carbocycles. The van der Waals surface area contributed by atoms with E-state index in [1.807, 2.05) is 6.92 Å². The summed E-state index contributed by atoms with van der Waals surface area (Å²) in [7, 11) is -1.40. The number of sulfonamides is 1. The predicted molar refractivity (Wildman–Crippen MR) is 117 cm³/mol. The molecule has 1 aliphatic heterocycles. The summed E-state index contributed by atoms with van der Waals surface area (Å²) < 4.78 is 30.2. The van der Waals surface area contributed by atoms with Crippen molar-refractivity contribution in [3.63, 3.8) is 0 Å². The van der Waals surface area contributed by atoms with Crippen LogP contribution in [-0.2, 0) is 27.8 Å². The molecule has 0 saturated carbocycles. The second kappa shape index (κ2) is 12.1. The molecule has 164 valence electrons. The quantitative estimate of drug-likeness (QED) is 0.328. The highest BCUT2D eigenvalue weighted by Gasteiger charge is 2.14. The van der Waals surface area contributed by atoms with Crippen molar-refractivity contribution < 1.29 is 13.2 Å². The average Bonchev–Trinajstić information content (AvgIpc) is 2.71. The SMILES string of the molecule is CCN(CCCNC(=NC)NCc1ccccc1CN1CCOCC1)S(C)(=O)=O. The van der Waals surface area contributed by atoms with Gasteiger partial charge in [-0.3, -0.25) is 9.89 Å². The number of benzene rings is 1. The second-order valence-electron chi connectivity index (χ2n) is 7.12. The highest BCUT2D eigenvalue weighted by atomic mass is 32.2. The van der Waals surface area contributed by atoms with Crippen LogP contribution in [0.3, 0.4) is 0 Å². The Hall–Kier alpha value is -1.68. The van der Waals surface area contributed by atoms with Gasteiger partial charge in [0.15, 0.2) is 5.96 Å². The summed E-state index contributed by atoms with van der Waals surface area (Å²) in [5.74, 6) is 0.716. The zero-order valence-corrected chi connectivity index (χ0v) is 18.7. The summed E-state index contributed by atoms with van der Waals surface area (Å²) in [4.78, 5) is 6.68. The zero-order valence-electron chi connectivity index (χ0n) is 17.9. The van der Waals surface area contributed by atoms with Gasteiger partial charge in [0.2, 0.25) is 10.0 Å². The van der Waals surface area contributed by atoms with Crippen LogP contribution in [0.4, 0.5) is 0 Å². The van der Waals surface area contributed by atoms with Crippen molar-refractivity contribution in [3.8, 4) is 0 Å². The van der Waals surface area contributed by atoms with Gasteiger partial charge in [0.25, 0.3) is 0 Å². The second-order valence-corrected chi connectivity index (χ2v) is 9.10. The maximum absolute atomic E-state index is 11.6. The third-order valence-electron chi connectivity index (χ3n) is 4.98. The van der Waals surface area contributed by atoms with Gasteiger partial charge in [0.1, 0.15) is 0 Å². The fourth-order valence-electron chi connectivity index (χ4n) is 3.30. The highest BCUT2D eigenvalue weighted by Crippen LogP contribution is 2.13. The molecular formula is C20H35N5O3S. The fraction of sp³-hybridized carbons (Fsp3) is 0.650. The van der Waals surface area contributed by atoms with Gasteiger partial charge in [-0.15, -0.1) is 0 Å². The Morgan fingerprint density at radius 2 is 1.90 bits per heavy atom. The number of hydrogen-bond acceptors (Lipinski definition) is 5. The van der Waals surface area contributed by atoms with Crippen LogP contribution < -0.4 is 10.6 Å². The minimum absolute atomic E-state index is 0.492. The lowest BCUT2D eigenvalue weighted by Gasteiger charge is -2.27. The number of morpholine rings is 1. The predicted octanol–water partition coefficient (Wildman–Crippen LogP) is 0.855. The molecule has 2 rings (SSSR count). The number of aliphatic imine (C=N–C) groups is 1. The molecule has 0 unspecified atom stereocenters. The van der Waals surface area contributed by atoms with Crippen LogP contribution >= 0.6 is 0 Å². The standard InChI is InChI=1S/C20H35N5O3S/c1-4-25(29(3,26)27)11-7-10-22-20(21-2)23-16-18-8-5-6-9-19(18)17-24-12-14-28-15-13-24/h5-6,8-9H,4,7,10-17H2,1-3H3,(H2,21,22,23). The largest absolute Gasteiger partial charge is 0.379 e. The van der Waals surface area contributed by atoms with Gasteiger partial charge in [0.05, 0.1) is 19.5 Å². The number of nitrogens with one attached hydrogen (secondary N) is 2. The van der Waals surface area contributed by atoms with Crippen LogP contribution in [0.2, 0.25) is 0 Å². The summed E-state index contributed by atoms with van der Waals surface area (Å²) in [6.45, 7) is 8.63. The van der Waals surface area contributed by atoms with E-state index in [1.54, 1.807) is 7.05 Å². The van der Waals surface area contributed by atoms with E-state index >= 15 is 0 Å². The lowest BCUT2D eigenvalue weighted by molar-refractivity contribution is 0.0341. The van der Waals surface area contributed by atoms with Crippen molar-refractivity contribution >= 4 is 16.0 Å². The smallest absolute Gasteiger partial charge is 0.211 e. The lowest BCUT2D eigenvalue weighted by atomic mass is 10.1. The molecule has 1 aliphatic rings. The third kappa shape index (κ3) is 8.30. The van der Waals surface area contributed by atoms with Gasteiger partial charge in [-0.05, 0) is 17.5 Å². The van der Waals surface area contributed by atoms with Crippen LogP contribution in [0.1, 0.15) is 24.5 Å². The van der Waals surface area contributed by atoms with E-state index in [2.05, 4.69) is 44.8 Å². The Morgan fingerprint density at radius 1 is 1.21 bits per heavy atom. The summed E-state index contributed by atoms with van der Waals surface area (Å²) in [5, 5.41) is 6.62. The van der Waals surface area contributed by atoms with Crippen LogP contribution in [0.25, 0.3) is 0 Å². The van der Waals surface area contributed by atoms with Crippen molar-refractivity contribution in [2.24, 2.45) is 4.99 Å². The van der Waals surface area contributed by atoms with Crippen LogP contribution in [-0.4, -0.2) is 82.8 Å². The number of guanidine groups is 1. The number of rotatable bonds is 10. The van der Waals surface area contributed by atoms with Gasteiger partial charge < -0.3 is 15.4 Å². The normalized spacial score (nSPS) is 16.2. The Labute approximate surface area is 175 Å². The molecular weight excluding hydrogens is 390 g/mol. The summed E-state index contributed by atoms with van der Waals surface area (Å²) >= 11 is 0. The fourth-order valence-corrected chi connectivity index (χ4v) is 4.23. The number of hydrogen-bond donors (Lipinski definition) is 2. The third-order valence-corrected chi connectivity index (χ3v) is 6.36. The summed E-state index contributed by atoms with van der Waals surface area (Å²) in [5.41, 5.74) is 2.56. The molecule has 9 heteroatoms. The molecule has 8 nitrogen and oxygen atoms in total. The van der Waals surface area contributed by atoms with Gasteiger partial charge in [0, 0.05) is 52.9 Å².